The molecule has 0 heterocycles. The van der Waals surface area contributed by atoms with Crippen molar-refractivity contribution in [1.82, 2.24) is 0 Å². The molecule has 2 N–H and O–H groups in total. The number of rotatable bonds is 7. The average Bonchev–Trinajstić information content (AvgIpc) is 2.82. The first-order valence-corrected chi connectivity index (χ1v) is 9.79. The number of nitriles is 1. The Kier molecular flexibility index (Phi) is 7.38. The summed E-state index contributed by atoms with van der Waals surface area (Å²) < 4.78 is 48.8. The summed E-state index contributed by atoms with van der Waals surface area (Å²) in [6.07, 6.45) is -4.52. The molecule has 0 bridgehead atoms. The van der Waals surface area contributed by atoms with Gasteiger partial charge in [-0.05, 0) is 60.7 Å². The number of carbonyl (C=O) groups is 2. The molecule has 0 radical (unpaired) electrons. The molecule has 0 aliphatic heterocycles. The van der Waals surface area contributed by atoms with Crippen molar-refractivity contribution in [3.63, 3.8) is 0 Å². The van der Waals surface area contributed by atoms with E-state index < -0.39 is 30.2 Å². The quantitative estimate of drug-likeness (QED) is 0.515. The second kappa shape index (κ2) is 10.4. The molecular formula is C24H18F3N3O4. The zero-order valence-electron chi connectivity index (χ0n) is 17.8. The van der Waals surface area contributed by atoms with Crippen LogP contribution < -0.4 is 20.1 Å². The topological polar surface area (TPSA) is 100 Å². The van der Waals surface area contributed by atoms with Crippen molar-refractivity contribution in [1.29, 1.82) is 5.26 Å². The molecule has 7 nitrogen and oxygen atoms in total. The van der Waals surface area contributed by atoms with Gasteiger partial charge in [-0.3, -0.25) is 9.59 Å². The number of methoxy groups -OCH3 is 1. The fourth-order valence-corrected chi connectivity index (χ4v) is 2.89. The number of anilines is 2. The van der Waals surface area contributed by atoms with E-state index in [-0.39, 0.29) is 17.0 Å². The summed E-state index contributed by atoms with van der Waals surface area (Å²) in [7, 11) is 1.44. The largest absolute Gasteiger partial charge is 0.495 e. The van der Waals surface area contributed by atoms with Crippen molar-refractivity contribution >= 4 is 23.2 Å². The summed E-state index contributed by atoms with van der Waals surface area (Å²) in [4.78, 5) is 24.5. The number of carbonyl (C=O) groups excluding carboxylic acids is 2. The van der Waals surface area contributed by atoms with Crippen LogP contribution in [0.4, 0.5) is 24.5 Å². The molecule has 174 valence electrons. The second-order valence-corrected chi connectivity index (χ2v) is 6.92. The minimum absolute atomic E-state index is 0.00802. The standard InChI is InChI=1S/C24H18F3N3O4/c1-33-21-10-5-15(13-28)11-20(21)30-23(32)16-6-8-19(9-7-16)34-14-22(31)29-18-4-2-3-17(12-18)24(25,26)27/h2-12H,14H2,1H3,(H,29,31)(H,30,32). The SMILES string of the molecule is COc1ccc(C#N)cc1NC(=O)c1ccc(OCC(=O)Nc2cccc(C(F)(F)F)c2)cc1. The van der Waals surface area contributed by atoms with Crippen LogP contribution in [0.15, 0.2) is 66.7 Å². The highest BCUT2D eigenvalue weighted by molar-refractivity contribution is 6.05. The molecule has 3 rings (SSSR count). The summed E-state index contributed by atoms with van der Waals surface area (Å²) >= 11 is 0. The van der Waals surface area contributed by atoms with Gasteiger partial charge in [-0.2, -0.15) is 18.4 Å². The molecule has 0 saturated carbocycles. The Balaban J connectivity index is 1.57. The second-order valence-electron chi connectivity index (χ2n) is 6.92. The van der Waals surface area contributed by atoms with Crippen LogP contribution in [0.25, 0.3) is 0 Å². The molecule has 2 amide bonds. The van der Waals surface area contributed by atoms with Crippen molar-refractivity contribution in [2.24, 2.45) is 0 Å². The summed E-state index contributed by atoms with van der Waals surface area (Å²) in [5.74, 6) is -0.438. The molecule has 0 spiro atoms. The van der Waals surface area contributed by atoms with Crippen LogP contribution >= 0.6 is 0 Å². The van der Waals surface area contributed by atoms with Gasteiger partial charge in [-0.25, -0.2) is 0 Å². The first kappa shape index (κ1) is 24.1. The van der Waals surface area contributed by atoms with E-state index >= 15 is 0 Å². The van der Waals surface area contributed by atoms with E-state index in [4.69, 9.17) is 14.7 Å². The van der Waals surface area contributed by atoms with Crippen LogP contribution in [0.5, 0.6) is 11.5 Å². The molecule has 0 fully saturated rings. The number of ether oxygens (including phenoxy) is 2. The normalized spacial score (nSPS) is 10.7. The first-order chi connectivity index (χ1) is 16.2. The molecule has 0 aliphatic carbocycles. The van der Waals surface area contributed by atoms with Crippen LogP contribution in [-0.2, 0) is 11.0 Å². The van der Waals surface area contributed by atoms with E-state index in [1.54, 1.807) is 12.1 Å². The number of nitrogens with zero attached hydrogens (tertiary/aromatic N) is 1. The number of hydrogen-bond acceptors (Lipinski definition) is 5. The van der Waals surface area contributed by atoms with Crippen LogP contribution in [0, 0.1) is 11.3 Å². The van der Waals surface area contributed by atoms with Crippen LogP contribution in [-0.4, -0.2) is 25.5 Å². The third-order valence-corrected chi connectivity index (χ3v) is 4.54. The predicted molar refractivity (Wildman–Crippen MR) is 118 cm³/mol. The van der Waals surface area contributed by atoms with E-state index in [1.807, 2.05) is 6.07 Å². The number of benzene rings is 3. The highest BCUT2D eigenvalue weighted by Gasteiger charge is 2.30. The zero-order chi connectivity index (χ0) is 24.7. The molecule has 0 aliphatic rings. The van der Waals surface area contributed by atoms with Gasteiger partial charge in [0.05, 0.1) is 30.0 Å². The van der Waals surface area contributed by atoms with Crippen LogP contribution in [0.3, 0.4) is 0 Å². The maximum Gasteiger partial charge on any atom is 0.416 e. The lowest BCUT2D eigenvalue weighted by molar-refractivity contribution is -0.137. The number of nitrogens with one attached hydrogen (secondary N) is 2. The van der Waals surface area contributed by atoms with E-state index in [0.29, 0.717) is 17.0 Å². The average molecular weight is 469 g/mol. The van der Waals surface area contributed by atoms with Gasteiger partial charge in [-0.1, -0.05) is 6.07 Å². The Morgan fingerprint density at radius 1 is 1.00 bits per heavy atom. The molecule has 0 saturated heterocycles. The van der Waals surface area contributed by atoms with Gasteiger partial charge in [0.1, 0.15) is 11.5 Å². The zero-order valence-corrected chi connectivity index (χ0v) is 17.8. The van der Waals surface area contributed by atoms with Gasteiger partial charge in [-0.15, -0.1) is 0 Å². The van der Waals surface area contributed by atoms with Gasteiger partial charge < -0.3 is 20.1 Å². The fraction of sp³-hybridized carbons (Fsp3) is 0.125. The summed E-state index contributed by atoms with van der Waals surface area (Å²) in [6.45, 7) is -0.445. The molecule has 3 aromatic carbocycles. The van der Waals surface area contributed by atoms with E-state index in [1.165, 1.54) is 49.6 Å². The third kappa shape index (κ3) is 6.26. The molecule has 34 heavy (non-hydrogen) atoms. The number of alkyl halides is 3. The third-order valence-electron chi connectivity index (χ3n) is 4.54. The number of amides is 2. The van der Waals surface area contributed by atoms with Crippen LogP contribution in [0.1, 0.15) is 21.5 Å². The lowest BCUT2D eigenvalue weighted by Crippen LogP contribution is -2.20. The molecule has 0 atom stereocenters. The fourth-order valence-electron chi connectivity index (χ4n) is 2.89. The highest BCUT2D eigenvalue weighted by atomic mass is 19.4. The molecule has 0 aromatic heterocycles. The van der Waals surface area contributed by atoms with Crippen molar-refractivity contribution < 1.29 is 32.2 Å². The van der Waals surface area contributed by atoms with E-state index in [9.17, 15) is 22.8 Å². The van der Waals surface area contributed by atoms with Gasteiger partial charge in [0, 0.05) is 11.3 Å². The van der Waals surface area contributed by atoms with Gasteiger partial charge in [0.2, 0.25) is 0 Å². The Morgan fingerprint density at radius 2 is 1.74 bits per heavy atom. The minimum atomic E-state index is -4.52. The lowest BCUT2D eigenvalue weighted by atomic mass is 10.1. The van der Waals surface area contributed by atoms with Crippen molar-refractivity contribution in [2.45, 2.75) is 6.18 Å². The summed E-state index contributed by atoms with van der Waals surface area (Å²) in [5.41, 5.74) is 0.0787. The molecule has 3 aromatic rings. The van der Waals surface area contributed by atoms with E-state index in [0.717, 1.165) is 12.1 Å². The lowest BCUT2D eigenvalue weighted by Gasteiger charge is -2.12. The monoisotopic (exact) mass is 469 g/mol. The van der Waals surface area contributed by atoms with Gasteiger partial charge in [0.15, 0.2) is 6.61 Å². The Labute approximate surface area is 192 Å². The molecule has 10 heteroatoms. The van der Waals surface area contributed by atoms with Crippen molar-refractivity contribution in [3.8, 4) is 17.6 Å². The molecule has 0 unspecified atom stereocenters. The smallest absolute Gasteiger partial charge is 0.416 e. The van der Waals surface area contributed by atoms with Gasteiger partial charge >= 0.3 is 6.18 Å². The summed E-state index contributed by atoms with van der Waals surface area (Å²) in [6, 6.07) is 16.7. The predicted octanol–water partition coefficient (Wildman–Crippen LogP) is 4.86. The van der Waals surface area contributed by atoms with E-state index in [2.05, 4.69) is 10.6 Å². The molecular weight excluding hydrogens is 451 g/mol. The minimum Gasteiger partial charge on any atom is -0.495 e. The Bertz CT molecular complexity index is 1240. The first-order valence-electron chi connectivity index (χ1n) is 9.79. The Hall–Kier alpha value is -4.52. The summed E-state index contributed by atoms with van der Waals surface area (Å²) in [5, 5.41) is 14.0. The van der Waals surface area contributed by atoms with Crippen LogP contribution in [0.2, 0.25) is 0 Å². The van der Waals surface area contributed by atoms with Crippen molar-refractivity contribution in [2.75, 3.05) is 24.4 Å². The highest BCUT2D eigenvalue weighted by Crippen LogP contribution is 2.30. The van der Waals surface area contributed by atoms with Crippen molar-refractivity contribution in [3.05, 3.63) is 83.4 Å². The Morgan fingerprint density at radius 3 is 2.38 bits per heavy atom. The van der Waals surface area contributed by atoms with Gasteiger partial charge in [0.25, 0.3) is 11.8 Å². The maximum absolute atomic E-state index is 12.8. The number of hydrogen-bond donors (Lipinski definition) is 2. The maximum atomic E-state index is 12.8. The number of halogens is 3.